The molecule has 21 heavy (non-hydrogen) atoms. The Hall–Kier alpha value is -1.35. The maximum absolute atomic E-state index is 12.2. The Bertz CT molecular complexity index is 632. The molecule has 1 aliphatic rings. The molecular weight excluding hydrogens is 280 g/mol. The zero-order valence-corrected chi connectivity index (χ0v) is 13.9. The smallest absolute Gasteiger partial charge is 0.199 e. The number of hydrogen-bond acceptors (Lipinski definition) is 2. The minimum absolute atomic E-state index is 0.321. The number of allylic oxidation sites excluding steroid dienone is 3. The number of sulfone groups is 1. The Morgan fingerprint density at radius 3 is 2.33 bits per heavy atom. The van der Waals surface area contributed by atoms with Gasteiger partial charge in [0, 0.05) is 5.41 Å². The largest absolute Gasteiger partial charge is 0.219 e. The summed E-state index contributed by atoms with van der Waals surface area (Å²) in [4.78, 5) is 0.352. The first-order valence-corrected chi connectivity index (χ1v) is 9.01. The second-order valence-corrected chi connectivity index (χ2v) is 8.61. The number of hydrogen-bond donors (Lipinski definition) is 0. The van der Waals surface area contributed by atoms with Crippen molar-refractivity contribution in [3.05, 3.63) is 53.5 Å². The Kier molecular flexibility index (Phi) is 4.72. The minimum Gasteiger partial charge on any atom is -0.219 e. The molecule has 114 valence electrons. The molecule has 0 heterocycles. The molecule has 0 N–H and O–H groups in total. The van der Waals surface area contributed by atoms with Crippen molar-refractivity contribution in [2.24, 2.45) is 11.3 Å². The van der Waals surface area contributed by atoms with Crippen molar-refractivity contribution in [2.45, 2.75) is 44.9 Å². The fourth-order valence-corrected chi connectivity index (χ4v) is 3.71. The van der Waals surface area contributed by atoms with E-state index in [0.29, 0.717) is 16.2 Å². The monoisotopic (exact) mass is 304 g/mol. The minimum atomic E-state index is -3.32. The van der Waals surface area contributed by atoms with Crippen molar-refractivity contribution in [1.82, 2.24) is 0 Å². The van der Waals surface area contributed by atoms with E-state index in [4.69, 9.17) is 0 Å². The summed E-state index contributed by atoms with van der Waals surface area (Å²) in [5, 5.41) is 1.34. The lowest BCUT2D eigenvalue weighted by atomic mass is 9.73. The van der Waals surface area contributed by atoms with Gasteiger partial charge < -0.3 is 0 Å². The van der Waals surface area contributed by atoms with Crippen molar-refractivity contribution in [3.8, 4) is 0 Å². The van der Waals surface area contributed by atoms with Crippen LogP contribution in [0.5, 0.6) is 0 Å². The van der Waals surface area contributed by atoms with Crippen LogP contribution < -0.4 is 0 Å². The van der Waals surface area contributed by atoms with E-state index in [1.54, 1.807) is 30.3 Å². The molecule has 1 aromatic carbocycles. The summed E-state index contributed by atoms with van der Waals surface area (Å²) in [6, 6.07) is 8.57. The summed E-state index contributed by atoms with van der Waals surface area (Å²) in [6.07, 6.45) is 7.08. The van der Waals surface area contributed by atoms with Gasteiger partial charge in [-0.15, -0.1) is 0 Å². The van der Waals surface area contributed by atoms with E-state index < -0.39 is 9.84 Å². The third kappa shape index (κ3) is 4.31. The molecule has 0 amide bonds. The first-order chi connectivity index (χ1) is 9.79. The van der Waals surface area contributed by atoms with Gasteiger partial charge in [-0.2, -0.15) is 0 Å². The highest BCUT2D eigenvalue weighted by atomic mass is 32.2. The van der Waals surface area contributed by atoms with Crippen LogP contribution in [0.15, 0.2) is 58.4 Å². The van der Waals surface area contributed by atoms with Gasteiger partial charge in [-0.1, -0.05) is 50.6 Å². The Morgan fingerprint density at radius 2 is 1.81 bits per heavy atom. The molecule has 0 aromatic heterocycles. The van der Waals surface area contributed by atoms with Crippen molar-refractivity contribution in [3.63, 3.8) is 0 Å². The maximum Gasteiger partial charge on any atom is 0.199 e. The molecule has 2 nitrogen and oxygen atoms in total. The van der Waals surface area contributed by atoms with Crippen molar-refractivity contribution in [2.75, 3.05) is 0 Å². The molecule has 0 fully saturated rings. The van der Waals surface area contributed by atoms with E-state index in [-0.39, 0.29) is 0 Å². The van der Waals surface area contributed by atoms with E-state index in [9.17, 15) is 8.42 Å². The summed E-state index contributed by atoms with van der Waals surface area (Å²) in [7, 11) is -3.32. The van der Waals surface area contributed by atoms with Gasteiger partial charge in [0.15, 0.2) is 9.84 Å². The Morgan fingerprint density at radius 1 is 1.14 bits per heavy atom. The number of benzene rings is 1. The van der Waals surface area contributed by atoms with E-state index in [0.717, 1.165) is 24.8 Å². The van der Waals surface area contributed by atoms with Crippen LogP contribution >= 0.6 is 0 Å². The lowest BCUT2D eigenvalue weighted by Gasteiger charge is -2.32. The summed E-state index contributed by atoms with van der Waals surface area (Å²) >= 11 is 0. The molecule has 0 saturated carbocycles. The summed E-state index contributed by atoms with van der Waals surface area (Å²) in [5.41, 5.74) is 1.46. The second kappa shape index (κ2) is 6.18. The van der Waals surface area contributed by atoms with Crippen LogP contribution in [0.1, 0.15) is 40.0 Å². The Balaban J connectivity index is 2.08. The molecule has 3 heteroatoms. The zero-order valence-electron chi connectivity index (χ0n) is 13.0. The molecule has 0 aliphatic heterocycles. The van der Waals surface area contributed by atoms with Crippen LogP contribution in [0.3, 0.4) is 0 Å². The normalized spacial score (nSPS) is 20.5. The zero-order chi connectivity index (χ0) is 15.5. The van der Waals surface area contributed by atoms with Gasteiger partial charge in [-0.3, -0.25) is 0 Å². The number of rotatable bonds is 3. The van der Waals surface area contributed by atoms with E-state index in [1.165, 1.54) is 5.41 Å². The molecule has 0 radical (unpaired) electrons. The maximum atomic E-state index is 12.2. The van der Waals surface area contributed by atoms with Crippen LogP contribution in [0, 0.1) is 11.3 Å². The quantitative estimate of drug-likeness (QED) is 0.807. The fourth-order valence-electron chi connectivity index (χ4n) is 2.66. The van der Waals surface area contributed by atoms with Gasteiger partial charge in [-0.05, 0) is 48.8 Å². The highest BCUT2D eigenvalue weighted by Crippen LogP contribution is 2.37. The molecule has 0 spiro atoms. The lowest BCUT2D eigenvalue weighted by Crippen LogP contribution is -2.21. The van der Waals surface area contributed by atoms with E-state index >= 15 is 0 Å². The third-order valence-electron chi connectivity index (χ3n) is 4.20. The van der Waals surface area contributed by atoms with Gasteiger partial charge in [-0.25, -0.2) is 8.42 Å². The second-order valence-electron chi connectivity index (χ2n) is 6.78. The molecule has 1 atom stereocenters. The highest BCUT2D eigenvalue weighted by molar-refractivity contribution is 7.94. The van der Waals surface area contributed by atoms with Crippen LogP contribution in [0.4, 0.5) is 0 Å². The molecule has 0 bridgehead atoms. The van der Waals surface area contributed by atoms with Crippen molar-refractivity contribution in [1.29, 1.82) is 0 Å². The third-order valence-corrected chi connectivity index (χ3v) is 5.63. The first-order valence-electron chi connectivity index (χ1n) is 7.46. The average molecular weight is 304 g/mol. The van der Waals surface area contributed by atoms with Gasteiger partial charge in [0.05, 0.1) is 4.90 Å². The van der Waals surface area contributed by atoms with Gasteiger partial charge in [0.1, 0.15) is 0 Å². The van der Waals surface area contributed by atoms with Gasteiger partial charge >= 0.3 is 0 Å². The molecule has 0 saturated heterocycles. The fraction of sp³-hybridized carbons (Fsp3) is 0.444. The molecule has 1 aliphatic carbocycles. The van der Waals surface area contributed by atoms with E-state index in [1.807, 2.05) is 6.07 Å². The van der Waals surface area contributed by atoms with Crippen LogP contribution in [0.2, 0.25) is 0 Å². The summed E-state index contributed by atoms with van der Waals surface area (Å²) in [5.74, 6) is 0.681. The summed E-state index contributed by atoms with van der Waals surface area (Å²) in [6.45, 7) is 6.81. The van der Waals surface area contributed by atoms with Crippen molar-refractivity contribution < 1.29 is 8.42 Å². The van der Waals surface area contributed by atoms with Crippen LogP contribution in [0.25, 0.3) is 0 Å². The van der Waals surface area contributed by atoms with E-state index in [2.05, 4.69) is 26.8 Å². The molecule has 1 aromatic rings. The standard InChI is InChI=1S/C18H24O2S/c1-18(2,3)16-11-9-15(10-12-16)13-14-21(19,20)17-7-5-4-6-8-17/h4-9,13-14,16H,10-12H2,1-3H3/b14-13+. The topological polar surface area (TPSA) is 34.1 Å². The Labute approximate surface area is 128 Å². The van der Waals surface area contributed by atoms with Crippen LogP contribution in [-0.2, 0) is 9.84 Å². The molecule has 2 rings (SSSR count). The predicted octanol–water partition coefficient (Wildman–Crippen LogP) is 4.75. The first kappa shape index (κ1) is 16.0. The SMILES string of the molecule is CC(C)(C)C1CC=C(/C=C/S(=O)(=O)c2ccccc2)CC1. The highest BCUT2D eigenvalue weighted by Gasteiger charge is 2.25. The van der Waals surface area contributed by atoms with Gasteiger partial charge in [0.25, 0.3) is 0 Å². The lowest BCUT2D eigenvalue weighted by molar-refractivity contribution is 0.221. The van der Waals surface area contributed by atoms with Crippen molar-refractivity contribution >= 4 is 9.84 Å². The van der Waals surface area contributed by atoms with Gasteiger partial charge in [0.2, 0.25) is 0 Å². The summed E-state index contributed by atoms with van der Waals surface area (Å²) < 4.78 is 24.4. The molecular formula is C18H24O2S. The predicted molar refractivity (Wildman–Crippen MR) is 87.6 cm³/mol. The average Bonchev–Trinajstić information content (AvgIpc) is 2.46. The van der Waals surface area contributed by atoms with Crippen LogP contribution in [-0.4, -0.2) is 8.42 Å². The molecule has 1 unspecified atom stereocenters.